The van der Waals surface area contributed by atoms with Crippen molar-refractivity contribution in [2.45, 2.75) is 6.92 Å². The fourth-order valence-electron chi connectivity index (χ4n) is 1.83. The number of halogens is 1. The van der Waals surface area contributed by atoms with Crippen LogP contribution in [0.5, 0.6) is 5.75 Å². The molecule has 0 radical (unpaired) electrons. The molecule has 0 bridgehead atoms. The highest BCUT2D eigenvalue weighted by atomic mass is 19.1. The van der Waals surface area contributed by atoms with Gasteiger partial charge in [-0.2, -0.15) is 0 Å². The van der Waals surface area contributed by atoms with E-state index in [1.165, 1.54) is 12.1 Å². The topological polar surface area (TPSA) is 47.6 Å². The summed E-state index contributed by atoms with van der Waals surface area (Å²) in [5.74, 6) is -0.0238. The third-order valence-electron chi connectivity index (χ3n) is 2.90. The van der Waals surface area contributed by atoms with Gasteiger partial charge in [0.05, 0.1) is 6.61 Å². The van der Waals surface area contributed by atoms with Gasteiger partial charge in [0, 0.05) is 17.9 Å². The molecule has 4 nitrogen and oxygen atoms in total. The number of carbonyl (C=O) groups is 1. The predicted molar refractivity (Wildman–Crippen MR) is 82.8 cm³/mol. The van der Waals surface area contributed by atoms with E-state index in [2.05, 4.69) is 5.32 Å². The average molecular weight is 303 g/mol. The maximum atomic E-state index is 13.1. The standard InChI is InChI=1S/C17H18FNO3/c1-2-21-10-11-22-16-8-6-13(7-9-16)17(20)19-15-5-3-4-14(18)12-15/h3-9,12H,2,10-11H2,1H3,(H,19,20). The third-order valence-corrected chi connectivity index (χ3v) is 2.90. The second-order valence-corrected chi connectivity index (χ2v) is 4.53. The van der Waals surface area contributed by atoms with Gasteiger partial charge >= 0.3 is 0 Å². The van der Waals surface area contributed by atoms with Crippen LogP contribution in [0.3, 0.4) is 0 Å². The van der Waals surface area contributed by atoms with Crippen LogP contribution in [0.4, 0.5) is 10.1 Å². The highest BCUT2D eigenvalue weighted by Gasteiger charge is 2.06. The van der Waals surface area contributed by atoms with E-state index in [9.17, 15) is 9.18 Å². The molecule has 0 atom stereocenters. The van der Waals surface area contributed by atoms with Crippen LogP contribution in [0.15, 0.2) is 48.5 Å². The van der Waals surface area contributed by atoms with E-state index in [1.807, 2.05) is 6.92 Å². The Balaban J connectivity index is 1.90. The molecule has 0 unspecified atom stereocenters. The Kier molecular flexibility index (Phi) is 5.91. The van der Waals surface area contributed by atoms with Crippen molar-refractivity contribution >= 4 is 11.6 Å². The van der Waals surface area contributed by atoms with Crippen molar-refractivity contribution in [1.29, 1.82) is 0 Å². The molecule has 1 N–H and O–H groups in total. The van der Waals surface area contributed by atoms with Crippen molar-refractivity contribution in [3.63, 3.8) is 0 Å². The summed E-state index contributed by atoms with van der Waals surface area (Å²) in [6.07, 6.45) is 0. The summed E-state index contributed by atoms with van der Waals surface area (Å²) in [6.45, 7) is 3.57. The minimum atomic E-state index is -0.393. The summed E-state index contributed by atoms with van der Waals surface area (Å²) < 4.78 is 23.7. The summed E-state index contributed by atoms with van der Waals surface area (Å²) >= 11 is 0. The number of hydrogen-bond acceptors (Lipinski definition) is 3. The highest BCUT2D eigenvalue weighted by molar-refractivity contribution is 6.04. The Morgan fingerprint density at radius 2 is 1.91 bits per heavy atom. The summed E-state index contributed by atoms with van der Waals surface area (Å²) in [4.78, 5) is 12.0. The number of amides is 1. The molecule has 0 saturated heterocycles. The van der Waals surface area contributed by atoms with Gasteiger partial charge in [-0.25, -0.2) is 4.39 Å². The number of carbonyl (C=O) groups excluding carboxylic acids is 1. The third kappa shape index (κ3) is 4.86. The summed E-state index contributed by atoms with van der Waals surface area (Å²) in [5.41, 5.74) is 0.892. The average Bonchev–Trinajstić information content (AvgIpc) is 2.52. The van der Waals surface area contributed by atoms with Crippen molar-refractivity contribution in [3.8, 4) is 5.75 Å². The Morgan fingerprint density at radius 1 is 1.14 bits per heavy atom. The van der Waals surface area contributed by atoms with Gasteiger partial charge in [0.1, 0.15) is 18.2 Å². The van der Waals surface area contributed by atoms with Crippen molar-refractivity contribution in [3.05, 3.63) is 59.9 Å². The van der Waals surface area contributed by atoms with Crippen LogP contribution in [0.1, 0.15) is 17.3 Å². The van der Waals surface area contributed by atoms with Crippen molar-refractivity contribution < 1.29 is 18.7 Å². The normalized spacial score (nSPS) is 10.3. The Hall–Kier alpha value is -2.40. The summed E-state index contributed by atoms with van der Waals surface area (Å²) in [5, 5.41) is 2.64. The molecule has 0 aliphatic rings. The minimum absolute atomic E-state index is 0.300. The SMILES string of the molecule is CCOCCOc1ccc(C(=O)Nc2cccc(F)c2)cc1. The van der Waals surface area contributed by atoms with Crippen LogP contribution < -0.4 is 10.1 Å². The number of rotatable bonds is 7. The molecule has 22 heavy (non-hydrogen) atoms. The van der Waals surface area contributed by atoms with E-state index in [0.717, 1.165) is 0 Å². The van der Waals surface area contributed by atoms with E-state index in [0.29, 0.717) is 36.8 Å². The fourth-order valence-corrected chi connectivity index (χ4v) is 1.83. The lowest BCUT2D eigenvalue weighted by Gasteiger charge is -2.08. The first-order valence-electron chi connectivity index (χ1n) is 7.06. The van der Waals surface area contributed by atoms with Crippen molar-refractivity contribution in [2.24, 2.45) is 0 Å². The van der Waals surface area contributed by atoms with Crippen molar-refractivity contribution in [2.75, 3.05) is 25.1 Å². The van der Waals surface area contributed by atoms with E-state index < -0.39 is 5.82 Å². The molecule has 1 amide bonds. The first-order chi connectivity index (χ1) is 10.7. The lowest BCUT2D eigenvalue weighted by molar-refractivity contribution is 0.102. The van der Waals surface area contributed by atoms with Crippen LogP contribution >= 0.6 is 0 Å². The first kappa shape index (κ1) is 16.0. The number of benzene rings is 2. The number of ether oxygens (including phenoxy) is 2. The zero-order valence-corrected chi connectivity index (χ0v) is 12.3. The van der Waals surface area contributed by atoms with Gasteiger partial charge in [-0.15, -0.1) is 0 Å². The van der Waals surface area contributed by atoms with Crippen LogP contribution in [0, 0.1) is 5.82 Å². The van der Waals surface area contributed by atoms with Crippen LogP contribution in [-0.4, -0.2) is 25.7 Å². The molecule has 0 aliphatic heterocycles. The molecule has 0 aromatic heterocycles. The zero-order valence-electron chi connectivity index (χ0n) is 12.3. The largest absolute Gasteiger partial charge is 0.491 e. The second kappa shape index (κ2) is 8.14. The smallest absolute Gasteiger partial charge is 0.255 e. The molecular formula is C17H18FNO3. The van der Waals surface area contributed by atoms with Gasteiger partial charge in [0.25, 0.3) is 5.91 Å². The van der Waals surface area contributed by atoms with Crippen LogP contribution in [-0.2, 0) is 4.74 Å². The molecule has 0 aliphatic carbocycles. The molecule has 5 heteroatoms. The second-order valence-electron chi connectivity index (χ2n) is 4.53. The van der Waals surface area contributed by atoms with Crippen molar-refractivity contribution in [1.82, 2.24) is 0 Å². The summed E-state index contributed by atoms with van der Waals surface area (Å²) in [7, 11) is 0. The molecule has 0 heterocycles. The molecule has 0 saturated carbocycles. The van der Waals surface area contributed by atoms with Crippen LogP contribution in [0.2, 0.25) is 0 Å². The van der Waals surface area contributed by atoms with Gasteiger partial charge in [-0.3, -0.25) is 4.79 Å². The van der Waals surface area contributed by atoms with Crippen LogP contribution in [0.25, 0.3) is 0 Å². The van der Waals surface area contributed by atoms with Gasteiger partial charge in [-0.05, 0) is 49.4 Å². The monoisotopic (exact) mass is 303 g/mol. The quantitative estimate of drug-likeness (QED) is 0.796. The predicted octanol–water partition coefficient (Wildman–Crippen LogP) is 3.49. The molecule has 2 rings (SSSR count). The maximum Gasteiger partial charge on any atom is 0.255 e. The first-order valence-corrected chi connectivity index (χ1v) is 7.06. The van der Waals surface area contributed by atoms with Gasteiger partial charge in [0.15, 0.2) is 0 Å². The van der Waals surface area contributed by atoms with Gasteiger partial charge in [0.2, 0.25) is 0 Å². The number of nitrogens with one attached hydrogen (secondary N) is 1. The molecule has 116 valence electrons. The highest BCUT2D eigenvalue weighted by Crippen LogP contribution is 2.15. The van der Waals surface area contributed by atoms with E-state index in [1.54, 1.807) is 36.4 Å². The molecule has 0 spiro atoms. The molecule has 2 aromatic carbocycles. The molecule has 2 aromatic rings. The fraction of sp³-hybridized carbons (Fsp3) is 0.235. The number of anilines is 1. The maximum absolute atomic E-state index is 13.1. The van der Waals surface area contributed by atoms with E-state index in [-0.39, 0.29) is 5.91 Å². The van der Waals surface area contributed by atoms with E-state index >= 15 is 0 Å². The lowest BCUT2D eigenvalue weighted by Crippen LogP contribution is -2.12. The molecular weight excluding hydrogens is 285 g/mol. The number of hydrogen-bond donors (Lipinski definition) is 1. The Morgan fingerprint density at radius 3 is 2.59 bits per heavy atom. The minimum Gasteiger partial charge on any atom is -0.491 e. The summed E-state index contributed by atoms with van der Waals surface area (Å²) in [6, 6.07) is 12.5. The van der Waals surface area contributed by atoms with E-state index in [4.69, 9.17) is 9.47 Å². The van der Waals surface area contributed by atoms with Gasteiger partial charge < -0.3 is 14.8 Å². The zero-order chi connectivity index (χ0) is 15.8. The molecule has 0 fully saturated rings. The van der Waals surface area contributed by atoms with Gasteiger partial charge in [-0.1, -0.05) is 6.07 Å². The Labute approximate surface area is 128 Å². The lowest BCUT2D eigenvalue weighted by atomic mass is 10.2. The Bertz CT molecular complexity index is 614.